The summed E-state index contributed by atoms with van der Waals surface area (Å²) in [6, 6.07) is 13.9. The average Bonchev–Trinajstić information content (AvgIpc) is 3.19. The van der Waals surface area contributed by atoms with E-state index in [-0.39, 0.29) is 0 Å². The Morgan fingerprint density at radius 3 is 2.59 bits per heavy atom. The normalized spacial score (nSPS) is 11.1. The molecule has 0 unspecified atom stereocenters. The average molecular weight is 404 g/mol. The molecule has 0 aliphatic heterocycles. The van der Waals surface area contributed by atoms with E-state index in [4.69, 9.17) is 27.9 Å². The molecule has 0 saturated heterocycles. The van der Waals surface area contributed by atoms with E-state index in [2.05, 4.69) is 20.5 Å². The second-order valence-corrected chi connectivity index (χ2v) is 7.17. The number of para-hydroxylation sites is 1. The molecular formula is C21H23Cl2N3O. The number of halogens is 2. The van der Waals surface area contributed by atoms with Crippen LogP contribution in [0.15, 0.2) is 61.2 Å². The van der Waals surface area contributed by atoms with Crippen molar-refractivity contribution in [3.63, 3.8) is 0 Å². The van der Waals surface area contributed by atoms with E-state index < -0.39 is 0 Å². The van der Waals surface area contributed by atoms with Gasteiger partial charge in [-0.2, -0.15) is 0 Å². The number of aromatic nitrogens is 2. The van der Waals surface area contributed by atoms with Crippen molar-refractivity contribution in [1.82, 2.24) is 14.5 Å². The minimum Gasteiger partial charge on any atom is -0.496 e. The van der Waals surface area contributed by atoms with Gasteiger partial charge in [0.05, 0.1) is 23.5 Å². The summed E-state index contributed by atoms with van der Waals surface area (Å²) < 4.78 is 7.61. The maximum atomic E-state index is 6.42. The predicted octanol–water partition coefficient (Wildman–Crippen LogP) is 5.29. The third-order valence-corrected chi connectivity index (χ3v) is 5.32. The van der Waals surface area contributed by atoms with Crippen LogP contribution in [0.5, 0.6) is 5.75 Å². The highest BCUT2D eigenvalue weighted by molar-refractivity contribution is 6.42. The summed E-state index contributed by atoms with van der Waals surface area (Å²) in [4.78, 5) is 6.47. The SMILES string of the molecule is COc1ccccc1CN(CCCn1ccnc1)Cc1cccc(Cl)c1Cl. The van der Waals surface area contributed by atoms with Crippen molar-refractivity contribution in [2.24, 2.45) is 0 Å². The molecule has 0 aliphatic rings. The molecule has 0 saturated carbocycles. The summed E-state index contributed by atoms with van der Waals surface area (Å²) >= 11 is 12.6. The summed E-state index contributed by atoms with van der Waals surface area (Å²) in [5, 5.41) is 1.21. The Kier molecular flexibility index (Phi) is 7.16. The number of benzene rings is 2. The number of ether oxygens (including phenoxy) is 1. The van der Waals surface area contributed by atoms with E-state index in [0.29, 0.717) is 10.0 Å². The molecule has 2 aromatic carbocycles. The lowest BCUT2D eigenvalue weighted by atomic mass is 10.1. The van der Waals surface area contributed by atoms with Gasteiger partial charge in [0.2, 0.25) is 0 Å². The molecule has 0 radical (unpaired) electrons. The predicted molar refractivity (Wildman–Crippen MR) is 110 cm³/mol. The Bertz CT molecular complexity index is 852. The van der Waals surface area contributed by atoms with E-state index >= 15 is 0 Å². The highest BCUT2D eigenvalue weighted by Crippen LogP contribution is 2.28. The van der Waals surface area contributed by atoms with Crippen molar-refractivity contribution in [2.45, 2.75) is 26.1 Å². The van der Waals surface area contributed by atoms with Gasteiger partial charge in [0.25, 0.3) is 0 Å². The van der Waals surface area contributed by atoms with Crippen LogP contribution in [0.25, 0.3) is 0 Å². The van der Waals surface area contributed by atoms with Gasteiger partial charge in [-0.1, -0.05) is 53.5 Å². The molecule has 3 rings (SSSR count). The number of nitrogens with zero attached hydrogens (tertiary/aromatic N) is 3. The van der Waals surface area contributed by atoms with Crippen molar-refractivity contribution in [3.8, 4) is 5.75 Å². The minimum absolute atomic E-state index is 0.588. The fraction of sp³-hybridized carbons (Fsp3) is 0.286. The van der Waals surface area contributed by atoms with Gasteiger partial charge in [0.1, 0.15) is 5.75 Å². The second-order valence-electron chi connectivity index (χ2n) is 6.39. The first kappa shape index (κ1) is 19.7. The third kappa shape index (κ3) is 5.48. The molecule has 0 N–H and O–H groups in total. The van der Waals surface area contributed by atoms with Crippen LogP contribution in [0.3, 0.4) is 0 Å². The monoisotopic (exact) mass is 403 g/mol. The zero-order valence-electron chi connectivity index (χ0n) is 15.3. The largest absolute Gasteiger partial charge is 0.496 e. The van der Waals surface area contributed by atoms with Crippen molar-refractivity contribution in [3.05, 3.63) is 82.4 Å². The molecule has 3 aromatic rings. The van der Waals surface area contributed by atoms with Gasteiger partial charge in [-0.05, 0) is 24.1 Å². The standard InChI is InChI=1S/C21H23Cl2N3O/c1-27-20-9-3-2-6-17(20)14-26(12-5-11-25-13-10-24-16-25)15-18-7-4-8-19(22)21(18)23/h2-4,6-10,13,16H,5,11-12,14-15H2,1H3. The fourth-order valence-electron chi connectivity index (χ4n) is 3.10. The van der Waals surface area contributed by atoms with Gasteiger partial charge in [-0.25, -0.2) is 4.98 Å². The lowest BCUT2D eigenvalue weighted by molar-refractivity contribution is 0.244. The van der Waals surface area contributed by atoms with Gasteiger partial charge in [-0.3, -0.25) is 4.90 Å². The smallest absolute Gasteiger partial charge is 0.123 e. The van der Waals surface area contributed by atoms with Crippen molar-refractivity contribution in [2.75, 3.05) is 13.7 Å². The van der Waals surface area contributed by atoms with E-state index in [9.17, 15) is 0 Å². The second kappa shape index (κ2) is 9.79. The molecule has 1 heterocycles. The molecule has 1 aromatic heterocycles. The Balaban J connectivity index is 1.73. The van der Waals surface area contributed by atoms with Crippen LogP contribution < -0.4 is 4.74 Å². The molecular weight excluding hydrogens is 381 g/mol. The summed E-state index contributed by atoms with van der Waals surface area (Å²) in [5.41, 5.74) is 2.18. The van der Waals surface area contributed by atoms with Crippen LogP contribution in [0.2, 0.25) is 10.0 Å². The summed E-state index contributed by atoms with van der Waals surface area (Å²) in [7, 11) is 1.70. The van der Waals surface area contributed by atoms with Crippen LogP contribution in [0.1, 0.15) is 17.5 Å². The van der Waals surface area contributed by atoms with E-state index in [1.54, 1.807) is 13.3 Å². The molecule has 0 fully saturated rings. The van der Waals surface area contributed by atoms with Crippen molar-refractivity contribution in [1.29, 1.82) is 0 Å². The van der Waals surface area contributed by atoms with Crippen LogP contribution >= 0.6 is 23.2 Å². The number of methoxy groups -OCH3 is 1. The molecule has 0 spiro atoms. The van der Waals surface area contributed by atoms with Gasteiger partial charge in [0.15, 0.2) is 0 Å². The topological polar surface area (TPSA) is 30.3 Å². The molecule has 0 bridgehead atoms. The van der Waals surface area contributed by atoms with Gasteiger partial charge in [-0.15, -0.1) is 0 Å². The quantitative estimate of drug-likeness (QED) is 0.486. The molecule has 4 nitrogen and oxygen atoms in total. The first-order valence-electron chi connectivity index (χ1n) is 8.90. The Labute approximate surface area is 170 Å². The first-order chi connectivity index (χ1) is 13.2. The third-order valence-electron chi connectivity index (χ3n) is 4.46. The number of aryl methyl sites for hydroxylation is 1. The Hall–Kier alpha value is -2.01. The Morgan fingerprint density at radius 2 is 1.81 bits per heavy atom. The van der Waals surface area contributed by atoms with Crippen molar-refractivity contribution >= 4 is 23.2 Å². The number of imidazole rings is 1. The van der Waals surface area contributed by atoms with Gasteiger partial charge in [0, 0.05) is 44.1 Å². The van der Waals surface area contributed by atoms with E-state index in [1.807, 2.05) is 48.9 Å². The molecule has 0 amide bonds. The molecule has 0 aliphatic carbocycles. The van der Waals surface area contributed by atoms with E-state index in [1.165, 1.54) is 0 Å². The summed E-state index contributed by atoms with van der Waals surface area (Å²) in [6.45, 7) is 3.34. The van der Waals surface area contributed by atoms with Crippen LogP contribution in [0, 0.1) is 0 Å². The summed E-state index contributed by atoms with van der Waals surface area (Å²) in [5.74, 6) is 0.898. The maximum absolute atomic E-state index is 6.42. The molecule has 6 heteroatoms. The molecule has 0 atom stereocenters. The lowest BCUT2D eigenvalue weighted by Gasteiger charge is -2.24. The highest BCUT2D eigenvalue weighted by atomic mass is 35.5. The number of rotatable bonds is 9. The fourth-order valence-corrected chi connectivity index (χ4v) is 3.48. The van der Waals surface area contributed by atoms with Crippen molar-refractivity contribution < 1.29 is 4.74 Å². The first-order valence-corrected chi connectivity index (χ1v) is 9.66. The highest BCUT2D eigenvalue weighted by Gasteiger charge is 2.13. The molecule has 27 heavy (non-hydrogen) atoms. The van der Waals surface area contributed by atoms with Crippen LogP contribution in [-0.2, 0) is 19.6 Å². The van der Waals surface area contributed by atoms with Crippen LogP contribution in [-0.4, -0.2) is 28.1 Å². The Morgan fingerprint density at radius 1 is 1.04 bits per heavy atom. The number of hydrogen-bond acceptors (Lipinski definition) is 3. The number of hydrogen-bond donors (Lipinski definition) is 0. The van der Waals surface area contributed by atoms with Crippen LogP contribution in [0.4, 0.5) is 0 Å². The summed E-state index contributed by atoms with van der Waals surface area (Å²) in [6.07, 6.45) is 6.64. The van der Waals surface area contributed by atoms with Gasteiger partial charge < -0.3 is 9.30 Å². The van der Waals surface area contributed by atoms with E-state index in [0.717, 1.165) is 49.5 Å². The van der Waals surface area contributed by atoms with Gasteiger partial charge >= 0.3 is 0 Å². The zero-order valence-corrected chi connectivity index (χ0v) is 16.8. The molecule has 142 valence electrons. The lowest BCUT2D eigenvalue weighted by Crippen LogP contribution is -2.25. The maximum Gasteiger partial charge on any atom is 0.123 e. The minimum atomic E-state index is 0.588. The zero-order chi connectivity index (χ0) is 19.1.